The zero-order chi connectivity index (χ0) is 12.6. The predicted octanol–water partition coefficient (Wildman–Crippen LogP) is 1.52. The van der Waals surface area contributed by atoms with E-state index in [1.54, 1.807) is 11.3 Å². The molecule has 0 radical (unpaired) electrons. The van der Waals surface area contributed by atoms with Gasteiger partial charge in [0, 0.05) is 13.0 Å². The zero-order valence-corrected chi connectivity index (χ0v) is 11.3. The van der Waals surface area contributed by atoms with Crippen molar-refractivity contribution in [2.24, 2.45) is 0 Å². The molecule has 0 unspecified atom stereocenters. The highest BCUT2D eigenvalue weighted by atomic mass is 32.1. The molecular formula is C13H20N2O2S. The van der Waals surface area contributed by atoms with Crippen LogP contribution < -0.4 is 10.6 Å². The van der Waals surface area contributed by atoms with Gasteiger partial charge in [0.25, 0.3) is 0 Å². The molecule has 2 N–H and O–H groups in total. The van der Waals surface area contributed by atoms with Crippen LogP contribution in [0.2, 0.25) is 0 Å². The van der Waals surface area contributed by atoms with E-state index < -0.39 is 0 Å². The van der Waals surface area contributed by atoms with Crippen molar-refractivity contribution in [1.29, 1.82) is 0 Å². The largest absolute Gasteiger partial charge is 0.378 e. The summed E-state index contributed by atoms with van der Waals surface area (Å²) in [6, 6.07) is 2.02. The summed E-state index contributed by atoms with van der Waals surface area (Å²) in [5.41, 5.74) is 1.16. The molecule has 0 aliphatic carbocycles. The molecule has 1 amide bonds. The lowest BCUT2D eigenvalue weighted by molar-refractivity contribution is -0.122. The molecule has 0 saturated carbocycles. The van der Waals surface area contributed by atoms with E-state index in [4.69, 9.17) is 4.74 Å². The summed E-state index contributed by atoms with van der Waals surface area (Å²) in [7, 11) is 0. The van der Waals surface area contributed by atoms with E-state index in [1.165, 1.54) is 0 Å². The number of hydrogen-bond acceptors (Lipinski definition) is 4. The lowest BCUT2D eigenvalue weighted by Gasteiger charge is -2.22. The third kappa shape index (κ3) is 4.76. The predicted molar refractivity (Wildman–Crippen MR) is 72.6 cm³/mol. The smallest absolute Gasteiger partial charge is 0.222 e. The van der Waals surface area contributed by atoms with Crippen molar-refractivity contribution < 1.29 is 9.53 Å². The highest BCUT2D eigenvalue weighted by Gasteiger charge is 2.13. The van der Waals surface area contributed by atoms with Crippen LogP contribution in [0.5, 0.6) is 0 Å². The van der Waals surface area contributed by atoms with E-state index in [0.717, 1.165) is 31.5 Å². The second-order valence-corrected chi connectivity index (χ2v) is 5.26. The highest BCUT2D eigenvalue weighted by Crippen LogP contribution is 2.08. The van der Waals surface area contributed by atoms with Gasteiger partial charge < -0.3 is 15.4 Å². The Morgan fingerprint density at radius 1 is 1.50 bits per heavy atom. The minimum atomic E-state index is 0.0649. The Morgan fingerprint density at radius 3 is 3.06 bits per heavy atom. The molecule has 100 valence electrons. The van der Waals surface area contributed by atoms with Crippen LogP contribution in [0.3, 0.4) is 0 Å². The van der Waals surface area contributed by atoms with Crippen LogP contribution in [0, 0.1) is 0 Å². The first-order valence-corrected chi connectivity index (χ1v) is 7.39. The number of carbonyl (C=O) groups is 1. The molecule has 1 fully saturated rings. The van der Waals surface area contributed by atoms with Gasteiger partial charge in [-0.1, -0.05) is 0 Å². The fourth-order valence-corrected chi connectivity index (χ4v) is 2.63. The van der Waals surface area contributed by atoms with Gasteiger partial charge >= 0.3 is 0 Å². The first kappa shape index (κ1) is 13.5. The second kappa shape index (κ2) is 7.51. The monoisotopic (exact) mass is 268 g/mol. The average molecular weight is 268 g/mol. The molecule has 5 heteroatoms. The minimum absolute atomic E-state index is 0.0649. The molecule has 4 nitrogen and oxygen atoms in total. The maximum Gasteiger partial charge on any atom is 0.222 e. The zero-order valence-electron chi connectivity index (χ0n) is 10.5. The topological polar surface area (TPSA) is 50.4 Å². The number of ether oxygens (including phenoxy) is 1. The van der Waals surface area contributed by atoms with E-state index in [-0.39, 0.29) is 5.91 Å². The van der Waals surface area contributed by atoms with Crippen molar-refractivity contribution in [2.45, 2.75) is 31.9 Å². The minimum Gasteiger partial charge on any atom is -0.378 e. The van der Waals surface area contributed by atoms with Gasteiger partial charge in [0.1, 0.15) is 0 Å². The lowest BCUT2D eigenvalue weighted by Crippen LogP contribution is -2.33. The van der Waals surface area contributed by atoms with Gasteiger partial charge in [-0.05, 0) is 48.3 Å². The Balaban J connectivity index is 1.54. The summed E-state index contributed by atoms with van der Waals surface area (Å²) in [6.07, 6.45) is 2.89. The number of rotatable bonds is 6. The van der Waals surface area contributed by atoms with Crippen molar-refractivity contribution in [3.63, 3.8) is 0 Å². The number of nitrogens with one attached hydrogen (secondary N) is 2. The van der Waals surface area contributed by atoms with E-state index in [0.29, 0.717) is 25.7 Å². The van der Waals surface area contributed by atoms with Crippen molar-refractivity contribution in [1.82, 2.24) is 10.6 Å². The molecule has 1 saturated heterocycles. The maximum atomic E-state index is 11.6. The van der Waals surface area contributed by atoms with Gasteiger partial charge in [0.05, 0.1) is 12.7 Å². The first-order chi connectivity index (χ1) is 8.84. The van der Waals surface area contributed by atoms with Gasteiger partial charge in [-0.15, -0.1) is 0 Å². The molecule has 18 heavy (non-hydrogen) atoms. The Bertz CT molecular complexity index is 348. The van der Waals surface area contributed by atoms with Gasteiger partial charge in [-0.25, -0.2) is 0 Å². The fourth-order valence-electron chi connectivity index (χ4n) is 1.96. The van der Waals surface area contributed by atoms with Crippen LogP contribution in [-0.2, 0) is 16.1 Å². The Kier molecular flexibility index (Phi) is 5.64. The lowest BCUT2D eigenvalue weighted by atomic mass is 10.1. The van der Waals surface area contributed by atoms with E-state index in [1.807, 2.05) is 16.8 Å². The normalized spacial score (nSPS) is 16.7. The van der Waals surface area contributed by atoms with Crippen LogP contribution in [0.1, 0.15) is 24.8 Å². The first-order valence-electron chi connectivity index (χ1n) is 6.44. The molecule has 2 rings (SSSR count). The Hall–Kier alpha value is -0.910. The van der Waals surface area contributed by atoms with Gasteiger partial charge in [-0.3, -0.25) is 4.79 Å². The standard InChI is InChI=1S/C13H20N2O2S/c16-13(15-9-11-4-8-18-10-11)3-7-17-12-1-5-14-6-2-12/h4,8,10,12,14H,1-3,5-7,9H2,(H,15,16). The quantitative estimate of drug-likeness (QED) is 0.822. The summed E-state index contributed by atoms with van der Waals surface area (Å²) in [5.74, 6) is 0.0649. The van der Waals surface area contributed by atoms with E-state index >= 15 is 0 Å². The summed E-state index contributed by atoms with van der Waals surface area (Å²) < 4.78 is 5.69. The van der Waals surface area contributed by atoms with Gasteiger partial charge in [-0.2, -0.15) is 11.3 Å². The second-order valence-electron chi connectivity index (χ2n) is 4.48. The molecular weight excluding hydrogens is 248 g/mol. The Morgan fingerprint density at radius 2 is 2.33 bits per heavy atom. The molecule has 1 aliphatic rings. The number of carbonyl (C=O) groups excluding carboxylic acids is 1. The van der Waals surface area contributed by atoms with Crippen LogP contribution in [-0.4, -0.2) is 31.7 Å². The Labute approximate surface area is 112 Å². The van der Waals surface area contributed by atoms with Crippen molar-refractivity contribution in [3.05, 3.63) is 22.4 Å². The molecule has 0 aromatic carbocycles. The summed E-state index contributed by atoms with van der Waals surface area (Å²) >= 11 is 1.65. The molecule has 1 aromatic rings. The van der Waals surface area contributed by atoms with Crippen LogP contribution in [0.15, 0.2) is 16.8 Å². The van der Waals surface area contributed by atoms with E-state index in [9.17, 15) is 4.79 Å². The van der Waals surface area contributed by atoms with Gasteiger partial charge in [0.15, 0.2) is 0 Å². The molecule has 0 spiro atoms. The maximum absolute atomic E-state index is 11.6. The third-order valence-electron chi connectivity index (χ3n) is 3.04. The summed E-state index contributed by atoms with van der Waals surface area (Å²) in [6.45, 7) is 3.19. The SMILES string of the molecule is O=C(CCOC1CCNCC1)NCc1ccsc1. The number of amides is 1. The molecule has 1 aromatic heterocycles. The van der Waals surface area contributed by atoms with Crippen LogP contribution in [0.25, 0.3) is 0 Å². The number of hydrogen-bond donors (Lipinski definition) is 2. The van der Waals surface area contributed by atoms with Crippen molar-refractivity contribution in [2.75, 3.05) is 19.7 Å². The average Bonchev–Trinajstić information content (AvgIpc) is 2.91. The van der Waals surface area contributed by atoms with E-state index in [2.05, 4.69) is 10.6 Å². The van der Waals surface area contributed by atoms with Gasteiger partial charge in [0.2, 0.25) is 5.91 Å². The molecule has 1 aliphatic heterocycles. The fraction of sp³-hybridized carbons (Fsp3) is 0.615. The molecule has 0 bridgehead atoms. The number of thiophene rings is 1. The number of piperidine rings is 1. The highest BCUT2D eigenvalue weighted by molar-refractivity contribution is 7.07. The third-order valence-corrected chi connectivity index (χ3v) is 3.77. The van der Waals surface area contributed by atoms with Crippen LogP contribution >= 0.6 is 11.3 Å². The summed E-state index contributed by atoms with van der Waals surface area (Å²) in [4.78, 5) is 11.6. The van der Waals surface area contributed by atoms with Crippen molar-refractivity contribution >= 4 is 17.2 Å². The van der Waals surface area contributed by atoms with Crippen LogP contribution in [0.4, 0.5) is 0 Å². The van der Waals surface area contributed by atoms with Crippen molar-refractivity contribution in [3.8, 4) is 0 Å². The molecule has 2 heterocycles. The summed E-state index contributed by atoms with van der Waals surface area (Å²) in [5, 5.41) is 10.3. The molecule has 0 atom stereocenters.